The van der Waals surface area contributed by atoms with Crippen molar-refractivity contribution in [2.45, 2.75) is 39.7 Å². The molecule has 0 atom stereocenters. The summed E-state index contributed by atoms with van der Waals surface area (Å²) < 4.78 is 1.07. The van der Waals surface area contributed by atoms with E-state index in [1.165, 1.54) is 5.56 Å². The fourth-order valence-electron chi connectivity index (χ4n) is 1.87. The van der Waals surface area contributed by atoms with Gasteiger partial charge in [0.25, 0.3) is 0 Å². The third kappa shape index (κ3) is 3.94. The molecule has 0 fully saturated rings. The van der Waals surface area contributed by atoms with E-state index in [1.807, 2.05) is 19.1 Å². The number of nitrogens with one attached hydrogen (secondary N) is 1. The van der Waals surface area contributed by atoms with E-state index in [-0.39, 0.29) is 5.41 Å². The lowest BCUT2D eigenvalue weighted by Gasteiger charge is -2.19. The number of hydrogen-bond acceptors (Lipinski definition) is 4. The third-order valence-corrected chi connectivity index (χ3v) is 3.70. The molecule has 1 aromatic carbocycles. The Morgan fingerprint density at radius 2 is 1.95 bits per heavy atom. The number of benzene rings is 1. The highest BCUT2D eigenvalue weighted by molar-refractivity contribution is 9.10. The van der Waals surface area contributed by atoms with Crippen LogP contribution in [0.5, 0.6) is 0 Å². The van der Waals surface area contributed by atoms with Crippen LogP contribution < -0.4 is 11.1 Å². The van der Waals surface area contributed by atoms with Crippen molar-refractivity contribution in [3.8, 4) is 0 Å². The SMILES string of the molecule is Cc1c(N)nc(C(C)(C)C)nc1NCc1cccc(Br)c1. The average molecular weight is 349 g/mol. The minimum absolute atomic E-state index is 0.131. The van der Waals surface area contributed by atoms with E-state index in [9.17, 15) is 0 Å². The highest BCUT2D eigenvalue weighted by Gasteiger charge is 2.20. The van der Waals surface area contributed by atoms with Crippen molar-refractivity contribution in [2.75, 3.05) is 11.1 Å². The fourth-order valence-corrected chi connectivity index (χ4v) is 2.32. The van der Waals surface area contributed by atoms with Crippen molar-refractivity contribution >= 4 is 27.6 Å². The molecule has 0 spiro atoms. The molecule has 4 nitrogen and oxygen atoms in total. The number of anilines is 2. The Morgan fingerprint density at radius 1 is 1.24 bits per heavy atom. The molecule has 0 bridgehead atoms. The van der Waals surface area contributed by atoms with E-state index < -0.39 is 0 Å². The smallest absolute Gasteiger partial charge is 0.138 e. The van der Waals surface area contributed by atoms with E-state index in [4.69, 9.17) is 5.73 Å². The van der Waals surface area contributed by atoms with Gasteiger partial charge >= 0.3 is 0 Å². The van der Waals surface area contributed by atoms with Crippen LogP contribution in [-0.4, -0.2) is 9.97 Å². The van der Waals surface area contributed by atoms with Crippen molar-refractivity contribution in [2.24, 2.45) is 0 Å². The number of aromatic nitrogens is 2. The Bertz CT molecular complexity index is 647. The van der Waals surface area contributed by atoms with E-state index in [0.29, 0.717) is 12.4 Å². The molecule has 1 heterocycles. The molecule has 2 rings (SSSR count). The molecule has 21 heavy (non-hydrogen) atoms. The predicted molar refractivity (Wildman–Crippen MR) is 91.4 cm³/mol. The lowest BCUT2D eigenvalue weighted by Crippen LogP contribution is -2.19. The van der Waals surface area contributed by atoms with Gasteiger partial charge in [-0.3, -0.25) is 0 Å². The molecule has 0 amide bonds. The Kier molecular flexibility index (Phi) is 4.52. The third-order valence-electron chi connectivity index (χ3n) is 3.20. The van der Waals surface area contributed by atoms with E-state index in [0.717, 1.165) is 21.7 Å². The van der Waals surface area contributed by atoms with Gasteiger partial charge in [-0.1, -0.05) is 48.8 Å². The van der Waals surface area contributed by atoms with Crippen LogP contribution in [0.3, 0.4) is 0 Å². The maximum Gasteiger partial charge on any atom is 0.138 e. The van der Waals surface area contributed by atoms with Gasteiger partial charge in [0.15, 0.2) is 0 Å². The molecule has 0 saturated carbocycles. The molecule has 2 aromatic rings. The van der Waals surface area contributed by atoms with Gasteiger partial charge in [-0.25, -0.2) is 9.97 Å². The van der Waals surface area contributed by atoms with E-state index in [2.05, 4.69) is 64.1 Å². The maximum atomic E-state index is 6.01. The number of nitrogens with two attached hydrogens (primary N) is 1. The maximum absolute atomic E-state index is 6.01. The highest BCUT2D eigenvalue weighted by Crippen LogP contribution is 2.25. The molecule has 112 valence electrons. The Morgan fingerprint density at radius 3 is 2.57 bits per heavy atom. The summed E-state index contributed by atoms with van der Waals surface area (Å²) >= 11 is 3.48. The minimum atomic E-state index is -0.131. The zero-order valence-electron chi connectivity index (χ0n) is 12.9. The Labute approximate surface area is 134 Å². The van der Waals surface area contributed by atoms with Gasteiger partial charge in [0.1, 0.15) is 17.5 Å². The van der Waals surface area contributed by atoms with Gasteiger partial charge in [-0.05, 0) is 24.6 Å². The van der Waals surface area contributed by atoms with E-state index in [1.54, 1.807) is 0 Å². The molecule has 5 heteroatoms. The van der Waals surface area contributed by atoms with Crippen LogP contribution in [0.2, 0.25) is 0 Å². The van der Waals surface area contributed by atoms with Crippen molar-refractivity contribution < 1.29 is 0 Å². The Hall–Kier alpha value is -1.62. The van der Waals surface area contributed by atoms with Gasteiger partial charge in [0.05, 0.1) is 0 Å². The summed E-state index contributed by atoms with van der Waals surface area (Å²) in [5.74, 6) is 2.08. The Balaban J connectivity index is 2.25. The molecule has 0 aliphatic carbocycles. The normalized spacial score (nSPS) is 11.5. The fraction of sp³-hybridized carbons (Fsp3) is 0.375. The van der Waals surface area contributed by atoms with Crippen molar-refractivity contribution in [1.29, 1.82) is 0 Å². The van der Waals surface area contributed by atoms with Crippen LogP contribution >= 0.6 is 15.9 Å². The van der Waals surface area contributed by atoms with Crippen LogP contribution in [0.4, 0.5) is 11.6 Å². The second-order valence-electron chi connectivity index (χ2n) is 6.14. The van der Waals surface area contributed by atoms with Crippen molar-refractivity contribution in [1.82, 2.24) is 9.97 Å². The first-order chi connectivity index (χ1) is 9.77. The van der Waals surface area contributed by atoms with Gasteiger partial charge in [0, 0.05) is 22.0 Å². The molecular weight excluding hydrogens is 328 g/mol. The molecular formula is C16H21BrN4. The summed E-state index contributed by atoms with van der Waals surface area (Å²) in [5, 5.41) is 3.36. The van der Waals surface area contributed by atoms with Crippen molar-refractivity contribution in [3.05, 3.63) is 45.7 Å². The summed E-state index contributed by atoms with van der Waals surface area (Å²) in [6.45, 7) is 8.87. The van der Waals surface area contributed by atoms with Crippen LogP contribution in [0.25, 0.3) is 0 Å². The number of halogens is 1. The second kappa shape index (κ2) is 6.02. The molecule has 0 saturated heterocycles. The first kappa shape index (κ1) is 15.8. The van der Waals surface area contributed by atoms with Gasteiger partial charge in [-0.15, -0.1) is 0 Å². The molecule has 0 aliphatic rings. The largest absolute Gasteiger partial charge is 0.383 e. The minimum Gasteiger partial charge on any atom is -0.383 e. The summed E-state index contributed by atoms with van der Waals surface area (Å²) in [5.41, 5.74) is 7.95. The van der Waals surface area contributed by atoms with Gasteiger partial charge < -0.3 is 11.1 Å². The lowest BCUT2D eigenvalue weighted by molar-refractivity contribution is 0.546. The number of rotatable bonds is 3. The van der Waals surface area contributed by atoms with Gasteiger partial charge in [-0.2, -0.15) is 0 Å². The van der Waals surface area contributed by atoms with Crippen LogP contribution in [-0.2, 0) is 12.0 Å². The molecule has 1 aromatic heterocycles. The quantitative estimate of drug-likeness (QED) is 0.878. The van der Waals surface area contributed by atoms with Crippen LogP contribution in [0, 0.1) is 6.92 Å². The summed E-state index contributed by atoms with van der Waals surface area (Å²) in [4.78, 5) is 9.02. The molecule has 0 radical (unpaired) electrons. The summed E-state index contributed by atoms with van der Waals surface area (Å²) in [6.07, 6.45) is 0. The molecule has 0 unspecified atom stereocenters. The zero-order chi connectivity index (χ0) is 15.6. The topological polar surface area (TPSA) is 63.8 Å². The highest BCUT2D eigenvalue weighted by atomic mass is 79.9. The molecule has 3 N–H and O–H groups in total. The number of nitrogen functional groups attached to an aromatic ring is 1. The number of nitrogens with zero attached hydrogens (tertiary/aromatic N) is 2. The lowest BCUT2D eigenvalue weighted by atomic mass is 9.95. The summed E-state index contributed by atoms with van der Waals surface area (Å²) in [7, 11) is 0. The van der Waals surface area contributed by atoms with Crippen LogP contribution in [0.15, 0.2) is 28.7 Å². The molecule has 0 aliphatic heterocycles. The van der Waals surface area contributed by atoms with Gasteiger partial charge in [0.2, 0.25) is 0 Å². The van der Waals surface area contributed by atoms with Crippen molar-refractivity contribution in [3.63, 3.8) is 0 Å². The monoisotopic (exact) mass is 348 g/mol. The van der Waals surface area contributed by atoms with E-state index >= 15 is 0 Å². The zero-order valence-corrected chi connectivity index (χ0v) is 14.5. The second-order valence-corrected chi connectivity index (χ2v) is 7.06. The number of hydrogen-bond donors (Lipinski definition) is 2. The average Bonchev–Trinajstić information content (AvgIpc) is 2.39. The summed E-state index contributed by atoms with van der Waals surface area (Å²) in [6, 6.07) is 8.18. The first-order valence-corrected chi connectivity index (χ1v) is 7.69. The van der Waals surface area contributed by atoms with Crippen LogP contribution in [0.1, 0.15) is 37.7 Å². The predicted octanol–water partition coefficient (Wildman–Crippen LogP) is 4.04. The first-order valence-electron chi connectivity index (χ1n) is 6.90. The standard InChI is InChI=1S/C16H21BrN4/c1-10-13(18)20-15(16(2,3)4)21-14(10)19-9-11-6-5-7-12(17)8-11/h5-8H,9H2,1-4H3,(H3,18,19,20,21).